The summed E-state index contributed by atoms with van der Waals surface area (Å²) < 4.78 is 20.0. The lowest BCUT2D eigenvalue weighted by molar-refractivity contribution is -0.136. The van der Waals surface area contributed by atoms with Gasteiger partial charge in [0.1, 0.15) is 18.2 Å². The van der Waals surface area contributed by atoms with Crippen LogP contribution < -0.4 is 10.1 Å². The number of hydrogen-bond donors (Lipinski definition) is 2. The number of nitrogens with one attached hydrogen (secondary N) is 1. The van der Waals surface area contributed by atoms with Gasteiger partial charge in [0.05, 0.1) is 11.1 Å². The van der Waals surface area contributed by atoms with Crippen molar-refractivity contribution in [2.24, 2.45) is 5.92 Å². The Kier molecular flexibility index (Phi) is 9.70. The molecule has 0 aromatic heterocycles. The van der Waals surface area contributed by atoms with Crippen molar-refractivity contribution in [2.45, 2.75) is 59.6 Å². The van der Waals surface area contributed by atoms with E-state index in [0.29, 0.717) is 22.8 Å². The highest BCUT2D eigenvalue weighted by Gasteiger charge is 2.21. The number of aliphatic carboxylic acids is 1. The number of carboxylic acids is 1. The molecule has 1 atom stereocenters. The van der Waals surface area contributed by atoms with Gasteiger partial charge in [-0.05, 0) is 68.0 Å². The molecule has 0 saturated carbocycles. The predicted molar refractivity (Wildman–Crippen MR) is 144 cm³/mol. The molecule has 2 N–H and O–H groups in total. The van der Waals surface area contributed by atoms with E-state index in [4.69, 9.17) is 16.3 Å². The van der Waals surface area contributed by atoms with Crippen LogP contribution >= 0.6 is 11.6 Å². The number of amides is 1. The van der Waals surface area contributed by atoms with Gasteiger partial charge in [-0.25, -0.2) is 4.39 Å². The second kappa shape index (κ2) is 12.7. The van der Waals surface area contributed by atoms with Gasteiger partial charge >= 0.3 is 5.97 Å². The first-order valence-corrected chi connectivity index (χ1v) is 12.7. The molecular weight excluding hydrogens is 493 g/mol. The molecule has 0 aliphatic rings. The Bertz CT molecular complexity index is 1230. The molecule has 0 aliphatic heterocycles. The Morgan fingerprint density at radius 1 is 1.05 bits per heavy atom. The van der Waals surface area contributed by atoms with Gasteiger partial charge in [0.25, 0.3) is 5.91 Å². The van der Waals surface area contributed by atoms with Gasteiger partial charge in [0, 0.05) is 17.5 Å². The fourth-order valence-electron chi connectivity index (χ4n) is 4.34. The molecule has 0 heterocycles. The van der Waals surface area contributed by atoms with Crippen LogP contribution in [0.3, 0.4) is 0 Å². The summed E-state index contributed by atoms with van der Waals surface area (Å²) in [6, 6.07) is 15.3. The van der Waals surface area contributed by atoms with E-state index < -0.39 is 11.8 Å². The van der Waals surface area contributed by atoms with Crippen molar-refractivity contribution in [3.05, 3.63) is 98.8 Å². The third-order valence-corrected chi connectivity index (χ3v) is 6.39. The van der Waals surface area contributed by atoms with Crippen molar-refractivity contribution in [1.82, 2.24) is 5.32 Å². The summed E-state index contributed by atoms with van der Waals surface area (Å²) in [5.41, 5.74) is 4.39. The maximum absolute atomic E-state index is 14.2. The lowest BCUT2D eigenvalue weighted by atomic mass is 9.93. The van der Waals surface area contributed by atoms with Gasteiger partial charge in [0.2, 0.25) is 0 Å². The third kappa shape index (κ3) is 8.05. The Hall–Kier alpha value is -3.38. The lowest BCUT2D eigenvalue weighted by Gasteiger charge is -2.23. The molecule has 0 bridgehead atoms. The molecule has 3 rings (SSSR count). The minimum absolute atomic E-state index is 0.112. The monoisotopic (exact) mass is 525 g/mol. The highest BCUT2D eigenvalue weighted by atomic mass is 35.5. The number of carboxylic acid groups (broad SMARTS) is 1. The van der Waals surface area contributed by atoms with Crippen molar-refractivity contribution < 1.29 is 23.8 Å². The summed E-state index contributed by atoms with van der Waals surface area (Å²) in [5, 5.41) is 12.6. The summed E-state index contributed by atoms with van der Waals surface area (Å²) >= 11 is 6.11. The van der Waals surface area contributed by atoms with Crippen molar-refractivity contribution in [2.75, 3.05) is 0 Å². The van der Waals surface area contributed by atoms with Gasteiger partial charge in [-0.1, -0.05) is 66.9 Å². The summed E-state index contributed by atoms with van der Waals surface area (Å²) in [5.74, 6) is -1.06. The zero-order valence-corrected chi connectivity index (χ0v) is 22.4. The molecule has 1 unspecified atom stereocenters. The van der Waals surface area contributed by atoms with Crippen LogP contribution in [-0.4, -0.2) is 17.0 Å². The van der Waals surface area contributed by atoms with Gasteiger partial charge in [-0.2, -0.15) is 0 Å². The molecule has 3 aromatic carbocycles. The normalized spacial score (nSPS) is 11.9. The average molecular weight is 526 g/mol. The van der Waals surface area contributed by atoms with Crippen molar-refractivity contribution in [3.8, 4) is 5.75 Å². The Balaban J connectivity index is 1.91. The van der Waals surface area contributed by atoms with E-state index in [1.807, 2.05) is 13.8 Å². The molecule has 196 valence electrons. The molecule has 5 nitrogen and oxygen atoms in total. The van der Waals surface area contributed by atoms with Gasteiger partial charge in [-0.15, -0.1) is 0 Å². The summed E-state index contributed by atoms with van der Waals surface area (Å²) in [4.78, 5) is 24.8. The van der Waals surface area contributed by atoms with E-state index in [-0.39, 0.29) is 42.0 Å². The number of aryl methyl sites for hydroxylation is 3. The second-order valence-corrected chi connectivity index (χ2v) is 10.2. The van der Waals surface area contributed by atoms with E-state index in [1.54, 1.807) is 24.3 Å². The molecule has 0 radical (unpaired) electrons. The molecule has 37 heavy (non-hydrogen) atoms. The minimum Gasteiger partial charge on any atom is -0.489 e. The van der Waals surface area contributed by atoms with Crippen LogP contribution in [0.4, 0.5) is 4.39 Å². The SMILES string of the molecule is Cc1cc(C)cc(C(CC(C)C)NC(=O)c2cc(OCc3c(F)cccc3Cl)ccc2CCC(=O)O)c1. The van der Waals surface area contributed by atoms with E-state index in [1.165, 1.54) is 12.1 Å². The number of benzene rings is 3. The largest absolute Gasteiger partial charge is 0.489 e. The van der Waals surface area contributed by atoms with Crippen LogP contribution in [0.2, 0.25) is 5.02 Å². The standard InChI is InChI=1S/C30H33ClFNO4/c1-18(2)12-28(22-14-19(3)13-20(4)15-22)33-30(36)24-16-23(10-8-21(24)9-11-29(34)35)37-17-25-26(31)6-5-7-27(25)32/h5-8,10,13-16,18,28H,9,11-12,17H2,1-4H3,(H,33,36)(H,34,35). The zero-order valence-electron chi connectivity index (χ0n) is 21.6. The predicted octanol–water partition coefficient (Wildman–Crippen LogP) is 7.21. The molecule has 3 aromatic rings. The number of halogens is 2. The van der Waals surface area contributed by atoms with Crippen molar-refractivity contribution in [3.63, 3.8) is 0 Å². The van der Waals surface area contributed by atoms with Crippen LogP contribution in [0.15, 0.2) is 54.6 Å². The number of rotatable bonds is 11. The lowest BCUT2D eigenvalue weighted by Crippen LogP contribution is -2.30. The summed E-state index contributed by atoms with van der Waals surface area (Å²) in [6.07, 6.45) is 0.814. The Morgan fingerprint density at radius 2 is 1.76 bits per heavy atom. The fourth-order valence-corrected chi connectivity index (χ4v) is 4.56. The maximum Gasteiger partial charge on any atom is 0.303 e. The van der Waals surface area contributed by atoms with E-state index >= 15 is 0 Å². The Morgan fingerprint density at radius 3 is 2.38 bits per heavy atom. The topological polar surface area (TPSA) is 75.6 Å². The van der Waals surface area contributed by atoms with E-state index in [9.17, 15) is 19.1 Å². The van der Waals surface area contributed by atoms with Crippen LogP contribution in [0.1, 0.15) is 70.9 Å². The second-order valence-electron chi connectivity index (χ2n) is 9.78. The molecule has 0 spiro atoms. The highest BCUT2D eigenvalue weighted by Crippen LogP contribution is 2.27. The minimum atomic E-state index is -0.950. The molecule has 0 aliphatic carbocycles. The van der Waals surface area contributed by atoms with Crippen LogP contribution in [0, 0.1) is 25.6 Å². The number of hydrogen-bond acceptors (Lipinski definition) is 3. The first-order chi connectivity index (χ1) is 17.5. The molecule has 7 heteroatoms. The Labute approximate surface area is 222 Å². The van der Waals surface area contributed by atoms with Crippen LogP contribution in [0.25, 0.3) is 0 Å². The van der Waals surface area contributed by atoms with Gasteiger partial charge < -0.3 is 15.2 Å². The quantitative estimate of drug-likeness (QED) is 0.277. The third-order valence-electron chi connectivity index (χ3n) is 6.04. The first kappa shape index (κ1) is 28.2. The van der Waals surface area contributed by atoms with Crippen molar-refractivity contribution >= 4 is 23.5 Å². The summed E-state index contributed by atoms with van der Waals surface area (Å²) in [6.45, 7) is 8.14. The highest BCUT2D eigenvalue weighted by molar-refractivity contribution is 6.31. The van der Waals surface area contributed by atoms with Crippen molar-refractivity contribution in [1.29, 1.82) is 0 Å². The van der Waals surface area contributed by atoms with Crippen LogP contribution in [0.5, 0.6) is 5.75 Å². The zero-order chi connectivity index (χ0) is 27.1. The molecule has 0 fully saturated rings. The number of carbonyl (C=O) groups excluding carboxylic acids is 1. The smallest absolute Gasteiger partial charge is 0.303 e. The van der Waals surface area contributed by atoms with Crippen LogP contribution in [-0.2, 0) is 17.8 Å². The first-order valence-electron chi connectivity index (χ1n) is 12.3. The average Bonchev–Trinajstić information content (AvgIpc) is 2.81. The molecule has 1 amide bonds. The van der Waals surface area contributed by atoms with E-state index in [2.05, 4.69) is 37.4 Å². The molecule has 0 saturated heterocycles. The van der Waals surface area contributed by atoms with Gasteiger partial charge in [-0.3, -0.25) is 9.59 Å². The molecular formula is C30H33ClFNO4. The number of ether oxygens (including phenoxy) is 1. The fraction of sp³-hybridized carbons (Fsp3) is 0.333. The number of carbonyl (C=O) groups is 2. The summed E-state index contributed by atoms with van der Waals surface area (Å²) in [7, 11) is 0. The van der Waals surface area contributed by atoms with E-state index in [0.717, 1.165) is 23.1 Å². The maximum atomic E-state index is 14.2. The van der Waals surface area contributed by atoms with Gasteiger partial charge in [0.15, 0.2) is 0 Å².